The van der Waals surface area contributed by atoms with Crippen LogP contribution in [0.15, 0.2) is 66.7 Å². The predicted molar refractivity (Wildman–Crippen MR) is 108 cm³/mol. The van der Waals surface area contributed by atoms with Gasteiger partial charge < -0.3 is 15.4 Å². The van der Waals surface area contributed by atoms with E-state index in [2.05, 4.69) is 29.7 Å². The molecule has 0 aliphatic rings. The Morgan fingerprint density at radius 1 is 1.00 bits per heavy atom. The molecule has 0 aromatic heterocycles. The Kier molecular flexibility index (Phi) is 6.09. The van der Waals surface area contributed by atoms with Crippen molar-refractivity contribution >= 4 is 28.1 Å². The van der Waals surface area contributed by atoms with E-state index in [-0.39, 0.29) is 12.5 Å². The molecule has 3 aromatic carbocycles. The molecule has 0 unspecified atom stereocenters. The summed E-state index contributed by atoms with van der Waals surface area (Å²) in [6.45, 7) is 3.02. The van der Waals surface area contributed by atoms with Crippen molar-refractivity contribution in [2.45, 2.75) is 19.8 Å². The Labute approximate surface area is 154 Å². The Morgan fingerprint density at radius 2 is 1.81 bits per heavy atom. The molecule has 1 amide bonds. The predicted octanol–water partition coefficient (Wildman–Crippen LogP) is 5.07. The van der Waals surface area contributed by atoms with Crippen LogP contribution in [-0.2, 0) is 4.79 Å². The maximum Gasteiger partial charge on any atom is 0.243 e. The highest BCUT2D eigenvalue weighted by atomic mass is 16.5. The molecule has 0 heterocycles. The van der Waals surface area contributed by atoms with Crippen LogP contribution < -0.4 is 15.4 Å². The zero-order valence-corrected chi connectivity index (χ0v) is 15.0. The van der Waals surface area contributed by atoms with E-state index in [4.69, 9.17) is 4.74 Å². The van der Waals surface area contributed by atoms with Crippen LogP contribution in [0, 0.1) is 0 Å². The highest BCUT2D eigenvalue weighted by Gasteiger charge is 2.05. The monoisotopic (exact) mass is 348 g/mol. The lowest BCUT2D eigenvalue weighted by Crippen LogP contribution is -2.21. The molecule has 0 saturated heterocycles. The molecule has 0 aliphatic carbocycles. The van der Waals surface area contributed by atoms with Crippen molar-refractivity contribution in [1.29, 1.82) is 0 Å². The highest BCUT2D eigenvalue weighted by molar-refractivity contribution is 5.98. The zero-order valence-electron chi connectivity index (χ0n) is 15.0. The number of rotatable bonds is 8. The van der Waals surface area contributed by atoms with Gasteiger partial charge in [0, 0.05) is 22.8 Å². The van der Waals surface area contributed by atoms with Gasteiger partial charge in [-0.05, 0) is 30.0 Å². The molecule has 0 spiro atoms. The molecule has 0 atom stereocenters. The van der Waals surface area contributed by atoms with Gasteiger partial charge >= 0.3 is 0 Å². The Bertz CT molecular complexity index is 871. The molecule has 3 aromatic rings. The topological polar surface area (TPSA) is 50.4 Å². The van der Waals surface area contributed by atoms with Crippen molar-refractivity contribution in [3.8, 4) is 5.75 Å². The van der Waals surface area contributed by atoms with Crippen LogP contribution in [0.4, 0.5) is 11.4 Å². The largest absolute Gasteiger partial charge is 0.494 e. The van der Waals surface area contributed by atoms with Gasteiger partial charge in [0.25, 0.3) is 0 Å². The number of benzene rings is 3. The smallest absolute Gasteiger partial charge is 0.243 e. The normalized spacial score (nSPS) is 10.5. The zero-order chi connectivity index (χ0) is 18.2. The van der Waals surface area contributed by atoms with E-state index in [9.17, 15) is 4.79 Å². The van der Waals surface area contributed by atoms with Crippen molar-refractivity contribution in [3.05, 3.63) is 66.7 Å². The van der Waals surface area contributed by atoms with Crippen molar-refractivity contribution < 1.29 is 9.53 Å². The Hall–Kier alpha value is -3.01. The van der Waals surface area contributed by atoms with Gasteiger partial charge in [-0.15, -0.1) is 0 Å². The minimum Gasteiger partial charge on any atom is -0.494 e. The average Bonchev–Trinajstić information content (AvgIpc) is 2.67. The number of hydrogen-bond acceptors (Lipinski definition) is 3. The lowest BCUT2D eigenvalue weighted by molar-refractivity contribution is -0.114. The summed E-state index contributed by atoms with van der Waals surface area (Å²) in [5.74, 6) is 0.682. The summed E-state index contributed by atoms with van der Waals surface area (Å²) in [6.07, 6.45) is 2.11. The molecule has 0 radical (unpaired) electrons. The summed E-state index contributed by atoms with van der Waals surface area (Å²) in [6, 6.07) is 21.6. The second-order valence-corrected chi connectivity index (χ2v) is 6.16. The third-order valence-electron chi connectivity index (χ3n) is 4.11. The molecule has 0 aliphatic heterocycles. The highest BCUT2D eigenvalue weighted by Crippen LogP contribution is 2.23. The molecule has 134 valence electrons. The second-order valence-electron chi connectivity index (χ2n) is 6.16. The molecule has 2 N–H and O–H groups in total. The minimum atomic E-state index is -0.0938. The average molecular weight is 348 g/mol. The standard InChI is InChI=1S/C22H24N2O2/c1-2-3-14-26-19-11-7-10-18(15-19)24-22(25)16-23-21-13-6-9-17-8-4-5-12-20(17)21/h4-13,15,23H,2-3,14,16H2,1H3,(H,24,25). The summed E-state index contributed by atoms with van der Waals surface area (Å²) < 4.78 is 5.68. The summed E-state index contributed by atoms with van der Waals surface area (Å²) >= 11 is 0. The quantitative estimate of drug-likeness (QED) is 0.559. The third kappa shape index (κ3) is 4.76. The first-order valence-corrected chi connectivity index (χ1v) is 9.00. The van der Waals surface area contributed by atoms with Crippen molar-refractivity contribution in [2.24, 2.45) is 0 Å². The van der Waals surface area contributed by atoms with Gasteiger partial charge in [-0.1, -0.05) is 55.8 Å². The second kappa shape index (κ2) is 8.90. The third-order valence-corrected chi connectivity index (χ3v) is 4.11. The number of amides is 1. The Balaban J connectivity index is 1.58. The fourth-order valence-corrected chi connectivity index (χ4v) is 2.76. The van der Waals surface area contributed by atoms with E-state index in [1.54, 1.807) is 0 Å². The van der Waals surface area contributed by atoms with Crippen LogP contribution in [0.1, 0.15) is 19.8 Å². The van der Waals surface area contributed by atoms with E-state index < -0.39 is 0 Å². The SMILES string of the molecule is CCCCOc1cccc(NC(=O)CNc2cccc3ccccc23)c1. The van der Waals surface area contributed by atoms with Crippen LogP contribution in [0.2, 0.25) is 0 Å². The first-order chi connectivity index (χ1) is 12.8. The number of hydrogen-bond donors (Lipinski definition) is 2. The summed E-state index contributed by atoms with van der Waals surface area (Å²) in [5, 5.41) is 8.38. The van der Waals surface area contributed by atoms with Crippen LogP contribution in [-0.4, -0.2) is 19.1 Å². The van der Waals surface area contributed by atoms with E-state index in [0.717, 1.165) is 40.7 Å². The fraction of sp³-hybridized carbons (Fsp3) is 0.227. The van der Waals surface area contributed by atoms with Gasteiger partial charge in [0.15, 0.2) is 0 Å². The first-order valence-electron chi connectivity index (χ1n) is 9.00. The van der Waals surface area contributed by atoms with Gasteiger partial charge in [-0.2, -0.15) is 0 Å². The number of fused-ring (bicyclic) bond motifs is 1. The number of nitrogens with one attached hydrogen (secondary N) is 2. The maximum atomic E-state index is 12.3. The van der Waals surface area contributed by atoms with E-state index >= 15 is 0 Å². The van der Waals surface area contributed by atoms with Gasteiger partial charge in [0.05, 0.1) is 13.2 Å². The van der Waals surface area contributed by atoms with E-state index in [1.807, 2.05) is 54.6 Å². The lowest BCUT2D eigenvalue weighted by Gasteiger charge is -2.11. The lowest BCUT2D eigenvalue weighted by atomic mass is 10.1. The number of anilines is 2. The van der Waals surface area contributed by atoms with E-state index in [0.29, 0.717) is 6.61 Å². The van der Waals surface area contributed by atoms with Gasteiger partial charge in [-0.3, -0.25) is 4.79 Å². The minimum absolute atomic E-state index is 0.0938. The van der Waals surface area contributed by atoms with Gasteiger partial charge in [-0.25, -0.2) is 0 Å². The molecule has 0 saturated carbocycles. The number of ether oxygens (including phenoxy) is 1. The van der Waals surface area contributed by atoms with Crippen LogP contribution in [0.25, 0.3) is 10.8 Å². The van der Waals surface area contributed by atoms with Crippen molar-refractivity contribution in [3.63, 3.8) is 0 Å². The van der Waals surface area contributed by atoms with Crippen LogP contribution in [0.5, 0.6) is 5.75 Å². The van der Waals surface area contributed by atoms with Crippen molar-refractivity contribution in [2.75, 3.05) is 23.8 Å². The molecule has 4 nitrogen and oxygen atoms in total. The number of unbranched alkanes of at least 4 members (excludes halogenated alkanes) is 1. The molecule has 26 heavy (non-hydrogen) atoms. The first kappa shape index (κ1) is 17.8. The molecule has 0 fully saturated rings. The molecule has 0 bridgehead atoms. The summed E-state index contributed by atoms with van der Waals surface area (Å²) in [4.78, 5) is 12.3. The van der Waals surface area contributed by atoms with Crippen LogP contribution in [0.3, 0.4) is 0 Å². The van der Waals surface area contributed by atoms with Gasteiger partial charge in [0.1, 0.15) is 5.75 Å². The molecular weight excluding hydrogens is 324 g/mol. The summed E-state index contributed by atoms with van der Waals surface area (Å²) in [7, 11) is 0. The molecule has 3 rings (SSSR count). The van der Waals surface area contributed by atoms with Crippen molar-refractivity contribution in [1.82, 2.24) is 0 Å². The number of carbonyl (C=O) groups is 1. The molecular formula is C22H24N2O2. The Morgan fingerprint density at radius 3 is 2.69 bits per heavy atom. The maximum absolute atomic E-state index is 12.3. The summed E-state index contributed by atoms with van der Waals surface area (Å²) in [5.41, 5.74) is 1.69. The van der Waals surface area contributed by atoms with Gasteiger partial charge in [0.2, 0.25) is 5.91 Å². The fourth-order valence-electron chi connectivity index (χ4n) is 2.76. The van der Waals surface area contributed by atoms with Crippen LogP contribution >= 0.6 is 0 Å². The van der Waals surface area contributed by atoms with E-state index in [1.165, 1.54) is 0 Å². The number of carbonyl (C=O) groups excluding carboxylic acids is 1. The molecule has 4 heteroatoms.